The van der Waals surface area contributed by atoms with E-state index in [1.54, 1.807) is 0 Å². The van der Waals surface area contributed by atoms with Crippen LogP contribution in [-0.4, -0.2) is 24.6 Å². The van der Waals surface area contributed by atoms with Crippen molar-refractivity contribution >= 4 is 5.78 Å². The molecule has 1 aromatic rings. The van der Waals surface area contributed by atoms with Crippen molar-refractivity contribution in [2.75, 3.05) is 6.61 Å². The average molecular weight is 246 g/mol. The third kappa shape index (κ3) is 2.33. The highest BCUT2D eigenvalue weighted by Gasteiger charge is 2.44. The van der Waals surface area contributed by atoms with Crippen LogP contribution in [0.25, 0.3) is 0 Å². The number of fused-ring (bicyclic) bond motifs is 1. The number of carbonyl (C=O) groups is 1. The third-order valence-electron chi connectivity index (χ3n) is 3.87. The first kappa shape index (κ1) is 11.9. The first-order valence-electron chi connectivity index (χ1n) is 6.64. The number of ketones is 1. The Bertz CT molecular complexity index is 415. The minimum absolute atomic E-state index is 0.104. The summed E-state index contributed by atoms with van der Waals surface area (Å²) in [5.74, 6) is 0.484. The fourth-order valence-electron chi connectivity index (χ4n) is 2.95. The predicted molar refractivity (Wildman–Crippen MR) is 67.1 cm³/mol. The number of hydrogen-bond donors (Lipinski definition) is 0. The maximum Gasteiger partial charge on any atom is 0.164 e. The van der Waals surface area contributed by atoms with Gasteiger partial charge in [-0.25, -0.2) is 0 Å². The van der Waals surface area contributed by atoms with Crippen molar-refractivity contribution in [2.24, 2.45) is 5.92 Å². The summed E-state index contributed by atoms with van der Waals surface area (Å²) in [6.07, 6.45) is 2.47. The largest absolute Gasteiger partial charge is 0.377 e. The maximum atomic E-state index is 12.0. The fourth-order valence-corrected chi connectivity index (χ4v) is 2.95. The highest BCUT2D eigenvalue weighted by atomic mass is 16.5. The minimum atomic E-state index is -0.254. The molecule has 18 heavy (non-hydrogen) atoms. The van der Waals surface area contributed by atoms with Gasteiger partial charge in [0, 0.05) is 18.9 Å². The molecule has 3 nitrogen and oxygen atoms in total. The molecule has 0 N–H and O–H groups in total. The topological polar surface area (TPSA) is 35.5 Å². The van der Waals surface area contributed by atoms with Gasteiger partial charge in [-0.3, -0.25) is 4.79 Å². The molecule has 3 rings (SSSR count). The van der Waals surface area contributed by atoms with E-state index < -0.39 is 0 Å². The van der Waals surface area contributed by atoms with E-state index in [9.17, 15) is 4.79 Å². The summed E-state index contributed by atoms with van der Waals surface area (Å²) in [7, 11) is 0. The summed E-state index contributed by atoms with van der Waals surface area (Å²) in [6, 6.07) is 10.0. The Kier molecular flexibility index (Phi) is 3.43. The lowest BCUT2D eigenvalue weighted by Gasteiger charge is -2.28. The molecule has 0 spiro atoms. The number of ether oxygens (including phenoxy) is 2. The number of rotatable bonds is 3. The molecule has 0 unspecified atom stereocenters. The summed E-state index contributed by atoms with van der Waals surface area (Å²) in [6.45, 7) is 1.31. The van der Waals surface area contributed by atoms with E-state index in [1.807, 2.05) is 30.3 Å². The quantitative estimate of drug-likeness (QED) is 0.821. The van der Waals surface area contributed by atoms with Crippen LogP contribution in [0.3, 0.4) is 0 Å². The SMILES string of the molecule is O=C1C[C@@H]2OCCC[C@@H]2[C@H]1OCc1ccccc1. The van der Waals surface area contributed by atoms with Gasteiger partial charge in [0.2, 0.25) is 0 Å². The van der Waals surface area contributed by atoms with E-state index in [0.717, 1.165) is 25.0 Å². The normalized spacial score (nSPS) is 31.3. The smallest absolute Gasteiger partial charge is 0.164 e. The molecule has 2 fully saturated rings. The Hall–Kier alpha value is -1.19. The molecule has 0 amide bonds. The zero-order chi connectivity index (χ0) is 12.4. The van der Waals surface area contributed by atoms with E-state index in [0.29, 0.717) is 13.0 Å². The zero-order valence-corrected chi connectivity index (χ0v) is 10.4. The Morgan fingerprint density at radius 1 is 1.28 bits per heavy atom. The minimum Gasteiger partial charge on any atom is -0.377 e. The van der Waals surface area contributed by atoms with E-state index in [1.165, 1.54) is 0 Å². The summed E-state index contributed by atoms with van der Waals surface area (Å²) in [4.78, 5) is 12.0. The highest BCUT2D eigenvalue weighted by molar-refractivity contribution is 5.86. The zero-order valence-electron chi connectivity index (χ0n) is 10.4. The number of carbonyl (C=O) groups excluding carboxylic acids is 1. The van der Waals surface area contributed by atoms with Crippen LogP contribution >= 0.6 is 0 Å². The van der Waals surface area contributed by atoms with Crippen molar-refractivity contribution in [3.8, 4) is 0 Å². The van der Waals surface area contributed by atoms with Crippen LogP contribution in [0, 0.1) is 5.92 Å². The summed E-state index contributed by atoms with van der Waals surface area (Å²) in [5.41, 5.74) is 1.12. The standard InChI is InChI=1S/C15H18O3/c16-13-9-14-12(7-4-8-17-14)15(13)18-10-11-5-2-1-3-6-11/h1-3,5-6,12,14-15H,4,7-10H2/t12-,14-,15+/m0/s1. The molecule has 3 heteroatoms. The van der Waals surface area contributed by atoms with Crippen molar-refractivity contribution in [1.82, 2.24) is 0 Å². The van der Waals surface area contributed by atoms with Gasteiger partial charge in [-0.1, -0.05) is 30.3 Å². The van der Waals surface area contributed by atoms with Gasteiger partial charge >= 0.3 is 0 Å². The highest BCUT2D eigenvalue weighted by Crippen LogP contribution is 2.35. The lowest BCUT2D eigenvalue weighted by atomic mass is 9.95. The molecule has 0 aromatic heterocycles. The van der Waals surface area contributed by atoms with E-state index in [4.69, 9.17) is 9.47 Å². The molecule has 1 aromatic carbocycles. The van der Waals surface area contributed by atoms with Crippen molar-refractivity contribution in [1.29, 1.82) is 0 Å². The molecule has 0 radical (unpaired) electrons. The Labute approximate surface area is 107 Å². The second-order valence-corrected chi connectivity index (χ2v) is 5.10. The molecule has 2 aliphatic rings. The predicted octanol–water partition coefficient (Wildman–Crippen LogP) is 2.34. The second-order valence-electron chi connectivity index (χ2n) is 5.10. The first-order chi connectivity index (χ1) is 8.84. The van der Waals surface area contributed by atoms with Crippen LogP contribution in [0.2, 0.25) is 0 Å². The van der Waals surface area contributed by atoms with E-state index in [-0.39, 0.29) is 23.9 Å². The molecule has 3 atom stereocenters. The van der Waals surface area contributed by atoms with Crippen molar-refractivity contribution < 1.29 is 14.3 Å². The molecular formula is C15H18O3. The lowest BCUT2D eigenvalue weighted by molar-refractivity contribution is -0.130. The molecule has 1 aliphatic heterocycles. The van der Waals surface area contributed by atoms with Gasteiger partial charge in [-0.2, -0.15) is 0 Å². The van der Waals surface area contributed by atoms with Gasteiger partial charge in [0.1, 0.15) is 6.10 Å². The lowest BCUT2D eigenvalue weighted by Crippen LogP contribution is -2.32. The van der Waals surface area contributed by atoms with E-state index in [2.05, 4.69) is 0 Å². The van der Waals surface area contributed by atoms with Crippen LogP contribution in [0.4, 0.5) is 0 Å². The van der Waals surface area contributed by atoms with Gasteiger partial charge in [-0.15, -0.1) is 0 Å². The molecule has 0 bridgehead atoms. The van der Waals surface area contributed by atoms with Crippen LogP contribution in [-0.2, 0) is 20.9 Å². The molecule has 1 saturated carbocycles. The number of hydrogen-bond acceptors (Lipinski definition) is 3. The maximum absolute atomic E-state index is 12.0. The second kappa shape index (κ2) is 5.21. The van der Waals surface area contributed by atoms with Gasteiger partial charge in [0.15, 0.2) is 5.78 Å². The fraction of sp³-hybridized carbons (Fsp3) is 0.533. The first-order valence-corrected chi connectivity index (χ1v) is 6.64. The van der Waals surface area contributed by atoms with Crippen LogP contribution < -0.4 is 0 Å². The summed E-state index contributed by atoms with van der Waals surface area (Å²) in [5, 5.41) is 0. The van der Waals surface area contributed by atoms with Crippen molar-refractivity contribution in [2.45, 2.75) is 38.1 Å². The van der Waals surface area contributed by atoms with Crippen LogP contribution in [0.5, 0.6) is 0 Å². The number of benzene rings is 1. The molecule has 96 valence electrons. The molecule has 1 heterocycles. The van der Waals surface area contributed by atoms with Crippen molar-refractivity contribution in [3.05, 3.63) is 35.9 Å². The van der Waals surface area contributed by atoms with Gasteiger partial charge < -0.3 is 9.47 Å². The number of Topliss-reactive ketones (excluding diaryl/α,β-unsaturated/α-hetero) is 1. The van der Waals surface area contributed by atoms with Gasteiger partial charge in [0.25, 0.3) is 0 Å². The summed E-state index contributed by atoms with van der Waals surface area (Å²) < 4.78 is 11.5. The Morgan fingerprint density at radius 2 is 2.11 bits per heavy atom. The van der Waals surface area contributed by atoms with Crippen LogP contribution in [0.1, 0.15) is 24.8 Å². The third-order valence-corrected chi connectivity index (χ3v) is 3.87. The Balaban J connectivity index is 1.63. The van der Waals surface area contributed by atoms with E-state index >= 15 is 0 Å². The van der Waals surface area contributed by atoms with Crippen LogP contribution in [0.15, 0.2) is 30.3 Å². The monoisotopic (exact) mass is 246 g/mol. The summed E-state index contributed by atoms with van der Waals surface area (Å²) >= 11 is 0. The van der Waals surface area contributed by atoms with Gasteiger partial charge in [-0.05, 0) is 18.4 Å². The van der Waals surface area contributed by atoms with Crippen molar-refractivity contribution in [3.63, 3.8) is 0 Å². The molecule has 1 aliphatic carbocycles. The average Bonchev–Trinajstić information content (AvgIpc) is 2.73. The molecular weight excluding hydrogens is 228 g/mol. The Morgan fingerprint density at radius 3 is 2.94 bits per heavy atom. The molecule has 1 saturated heterocycles. The van der Waals surface area contributed by atoms with Gasteiger partial charge in [0.05, 0.1) is 12.7 Å².